The second-order valence-electron chi connectivity index (χ2n) is 11.6. The van der Waals surface area contributed by atoms with Crippen LogP contribution in [0.1, 0.15) is 75.5 Å². The van der Waals surface area contributed by atoms with Crippen LogP contribution in [0.25, 0.3) is 0 Å². The molecule has 1 aliphatic heterocycles. The van der Waals surface area contributed by atoms with E-state index in [1.807, 2.05) is 30.3 Å². The van der Waals surface area contributed by atoms with E-state index >= 15 is 0 Å². The van der Waals surface area contributed by atoms with Gasteiger partial charge < -0.3 is 21.1 Å². The molecule has 2 aromatic rings. The van der Waals surface area contributed by atoms with E-state index in [-0.39, 0.29) is 30.0 Å². The van der Waals surface area contributed by atoms with Crippen molar-refractivity contribution in [1.29, 1.82) is 0 Å². The average molecular weight is 534 g/mol. The van der Waals surface area contributed by atoms with Gasteiger partial charge in [0.1, 0.15) is 0 Å². The molecular formula is C32H43N3O4. The van der Waals surface area contributed by atoms with E-state index < -0.39 is 22.9 Å². The van der Waals surface area contributed by atoms with Crippen molar-refractivity contribution >= 4 is 17.7 Å². The van der Waals surface area contributed by atoms with Crippen LogP contribution in [0.3, 0.4) is 0 Å². The molecule has 4 N–H and O–H groups in total. The van der Waals surface area contributed by atoms with Crippen LogP contribution in [0, 0.1) is 5.92 Å². The fourth-order valence-corrected chi connectivity index (χ4v) is 6.56. The van der Waals surface area contributed by atoms with Gasteiger partial charge in [-0.25, -0.2) is 0 Å². The van der Waals surface area contributed by atoms with Crippen LogP contribution in [-0.4, -0.2) is 48.9 Å². The quantitative estimate of drug-likeness (QED) is 0.379. The normalized spacial score (nSPS) is 20.7. The van der Waals surface area contributed by atoms with Gasteiger partial charge in [-0.2, -0.15) is 0 Å². The molecule has 1 spiro atoms. The monoisotopic (exact) mass is 533 g/mol. The molecule has 1 aliphatic carbocycles. The minimum absolute atomic E-state index is 0.00643. The molecule has 2 unspecified atom stereocenters. The highest BCUT2D eigenvalue weighted by atomic mass is 16.5. The van der Waals surface area contributed by atoms with Crippen LogP contribution in [0.2, 0.25) is 0 Å². The Hall–Kier alpha value is -3.03. The highest BCUT2D eigenvalue weighted by Gasteiger charge is 2.56. The highest BCUT2D eigenvalue weighted by molar-refractivity contribution is 5.95. The molecule has 7 nitrogen and oxygen atoms in total. The van der Waals surface area contributed by atoms with Crippen molar-refractivity contribution in [2.45, 2.75) is 82.2 Å². The number of carbonyl (C=O) groups excluding carboxylic acids is 3. The first-order chi connectivity index (χ1) is 18.7. The Morgan fingerprint density at radius 2 is 1.74 bits per heavy atom. The summed E-state index contributed by atoms with van der Waals surface area (Å²) in [5, 5.41) is 6.47. The summed E-state index contributed by atoms with van der Waals surface area (Å²) < 4.78 is 5.36. The Bertz CT molecular complexity index is 1150. The summed E-state index contributed by atoms with van der Waals surface area (Å²) in [7, 11) is 0. The number of fused-ring (bicyclic) bond motifs is 2. The molecule has 2 aromatic carbocycles. The molecule has 7 heteroatoms. The summed E-state index contributed by atoms with van der Waals surface area (Å²) in [6.45, 7) is 6.99. The number of rotatable bonds is 11. The topological polar surface area (TPSA) is 111 Å². The summed E-state index contributed by atoms with van der Waals surface area (Å²) in [6, 6.07) is 17.6. The Morgan fingerprint density at radius 1 is 1.08 bits per heavy atom. The van der Waals surface area contributed by atoms with Gasteiger partial charge in [-0.05, 0) is 82.7 Å². The molecule has 0 bridgehead atoms. The number of benzene rings is 2. The van der Waals surface area contributed by atoms with Crippen molar-refractivity contribution in [3.8, 4) is 0 Å². The van der Waals surface area contributed by atoms with Gasteiger partial charge in [0.25, 0.3) is 0 Å². The van der Waals surface area contributed by atoms with Crippen molar-refractivity contribution in [2.75, 3.05) is 19.7 Å². The Balaban J connectivity index is 1.70. The number of aryl methyl sites for hydroxylation is 1. The van der Waals surface area contributed by atoms with Gasteiger partial charge >= 0.3 is 5.97 Å². The average Bonchev–Trinajstić information content (AvgIpc) is 3.16. The standard InChI is InChI=1S/C32H43N3O4/c1-4-39-27(36)21-24-23-14-8-9-15-25(23)32(17-19-34-20-18-32)28(24)29(37)26(35-30(38)31(2,3)33)16-10-13-22-11-6-5-7-12-22/h5-9,11-12,14-15,24,26,28,34H,4,10,13,16-21,33H2,1-3H3,(H,35,38)/t24?,26-,28?/m1/s1. The van der Waals surface area contributed by atoms with E-state index in [1.165, 1.54) is 5.56 Å². The number of Topliss-reactive ketones (excluding diaryl/α,β-unsaturated/α-hetero) is 1. The van der Waals surface area contributed by atoms with E-state index in [0.717, 1.165) is 49.9 Å². The van der Waals surface area contributed by atoms with Gasteiger partial charge in [-0.3, -0.25) is 14.4 Å². The van der Waals surface area contributed by atoms with Crippen molar-refractivity contribution in [1.82, 2.24) is 10.6 Å². The summed E-state index contributed by atoms with van der Waals surface area (Å²) in [5.41, 5.74) is 8.04. The highest BCUT2D eigenvalue weighted by Crippen LogP contribution is 2.57. The summed E-state index contributed by atoms with van der Waals surface area (Å²) in [6.07, 6.45) is 3.78. The number of nitrogens with one attached hydrogen (secondary N) is 2. The van der Waals surface area contributed by atoms with E-state index in [0.29, 0.717) is 13.0 Å². The zero-order chi connectivity index (χ0) is 28.0. The molecule has 1 heterocycles. The van der Waals surface area contributed by atoms with Gasteiger partial charge in [0, 0.05) is 17.3 Å². The van der Waals surface area contributed by atoms with E-state index in [2.05, 4.69) is 34.9 Å². The number of piperidine rings is 1. The van der Waals surface area contributed by atoms with Gasteiger partial charge in [0.05, 0.1) is 24.6 Å². The number of amides is 1. The second-order valence-corrected chi connectivity index (χ2v) is 11.6. The summed E-state index contributed by atoms with van der Waals surface area (Å²) in [4.78, 5) is 40.6. The molecular weight excluding hydrogens is 490 g/mol. The Kier molecular flexibility index (Phi) is 9.23. The number of carbonyl (C=O) groups is 3. The van der Waals surface area contributed by atoms with Crippen molar-refractivity contribution in [2.24, 2.45) is 11.7 Å². The van der Waals surface area contributed by atoms with Crippen molar-refractivity contribution < 1.29 is 19.1 Å². The van der Waals surface area contributed by atoms with Crippen LogP contribution >= 0.6 is 0 Å². The molecule has 1 amide bonds. The van der Waals surface area contributed by atoms with Crippen LogP contribution in [0.4, 0.5) is 0 Å². The third-order valence-electron chi connectivity index (χ3n) is 8.42. The lowest BCUT2D eigenvalue weighted by Crippen LogP contribution is -2.57. The van der Waals surface area contributed by atoms with Crippen LogP contribution in [-0.2, 0) is 31.0 Å². The molecule has 2 aliphatic rings. The maximum absolute atomic E-state index is 14.7. The lowest BCUT2D eigenvalue weighted by Gasteiger charge is -2.42. The molecule has 39 heavy (non-hydrogen) atoms. The third kappa shape index (κ3) is 6.42. The van der Waals surface area contributed by atoms with E-state index in [9.17, 15) is 14.4 Å². The first-order valence-corrected chi connectivity index (χ1v) is 14.3. The number of esters is 1. The van der Waals surface area contributed by atoms with Crippen LogP contribution in [0.5, 0.6) is 0 Å². The molecule has 3 atom stereocenters. The van der Waals surface area contributed by atoms with Gasteiger partial charge in [-0.15, -0.1) is 0 Å². The predicted octanol–water partition coefficient (Wildman–Crippen LogP) is 3.79. The lowest BCUT2D eigenvalue weighted by atomic mass is 9.64. The molecule has 4 rings (SSSR count). The molecule has 0 radical (unpaired) electrons. The maximum atomic E-state index is 14.7. The molecule has 1 fully saturated rings. The Labute approximate surface area is 232 Å². The van der Waals surface area contributed by atoms with Crippen molar-refractivity contribution in [3.05, 3.63) is 71.3 Å². The van der Waals surface area contributed by atoms with E-state index in [4.69, 9.17) is 10.5 Å². The summed E-state index contributed by atoms with van der Waals surface area (Å²) in [5.74, 6) is -1.39. The first kappa shape index (κ1) is 29.0. The maximum Gasteiger partial charge on any atom is 0.306 e. The van der Waals surface area contributed by atoms with Gasteiger partial charge in [0.15, 0.2) is 5.78 Å². The third-order valence-corrected chi connectivity index (χ3v) is 8.42. The predicted molar refractivity (Wildman–Crippen MR) is 152 cm³/mol. The molecule has 1 saturated heterocycles. The molecule has 0 aromatic heterocycles. The van der Waals surface area contributed by atoms with Crippen LogP contribution in [0.15, 0.2) is 54.6 Å². The number of ketones is 1. The number of hydrogen-bond donors (Lipinski definition) is 3. The zero-order valence-electron chi connectivity index (χ0n) is 23.5. The SMILES string of the molecule is CCOC(=O)CC1c2ccccc2C2(CCNCC2)C1C(=O)[C@@H](CCCc1ccccc1)NC(=O)C(C)(C)N. The zero-order valence-corrected chi connectivity index (χ0v) is 23.5. The van der Waals surface area contributed by atoms with Crippen molar-refractivity contribution in [3.63, 3.8) is 0 Å². The smallest absolute Gasteiger partial charge is 0.306 e. The van der Waals surface area contributed by atoms with Gasteiger partial charge in [0.2, 0.25) is 5.91 Å². The van der Waals surface area contributed by atoms with Crippen LogP contribution < -0.4 is 16.4 Å². The number of hydrogen-bond acceptors (Lipinski definition) is 6. The minimum atomic E-state index is -1.12. The number of nitrogens with two attached hydrogens (primary N) is 1. The van der Waals surface area contributed by atoms with Gasteiger partial charge in [-0.1, -0.05) is 54.6 Å². The minimum Gasteiger partial charge on any atom is -0.466 e. The summed E-state index contributed by atoms with van der Waals surface area (Å²) >= 11 is 0. The molecule has 210 valence electrons. The fraction of sp³-hybridized carbons (Fsp3) is 0.531. The first-order valence-electron chi connectivity index (χ1n) is 14.3. The largest absolute Gasteiger partial charge is 0.466 e. The number of ether oxygens (including phenoxy) is 1. The fourth-order valence-electron chi connectivity index (χ4n) is 6.56. The lowest BCUT2D eigenvalue weighted by molar-refractivity contribution is -0.144. The Morgan fingerprint density at radius 3 is 2.41 bits per heavy atom. The van der Waals surface area contributed by atoms with E-state index in [1.54, 1.807) is 20.8 Å². The second kappa shape index (κ2) is 12.4. The molecule has 0 saturated carbocycles.